The van der Waals surface area contributed by atoms with Gasteiger partial charge in [0.15, 0.2) is 0 Å². The zero-order valence-electron chi connectivity index (χ0n) is 17.8. The summed E-state index contributed by atoms with van der Waals surface area (Å²) in [5.74, 6) is 1.75. The molecule has 6 heteroatoms. The van der Waals surface area contributed by atoms with Crippen molar-refractivity contribution in [2.45, 2.75) is 52.7 Å². The number of methoxy groups -OCH3 is 1. The molecule has 0 aliphatic rings. The van der Waals surface area contributed by atoms with E-state index in [2.05, 4.69) is 18.5 Å². The van der Waals surface area contributed by atoms with Gasteiger partial charge in [-0.2, -0.15) is 4.99 Å². The van der Waals surface area contributed by atoms with Gasteiger partial charge in [0, 0.05) is 18.2 Å². The molecule has 29 heavy (non-hydrogen) atoms. The molecule has 1 aromatic heterocycles. The van der Waals surface area contributed by atoms with E-state index < -0.39 is 0 Å². The first-order chi connectivity index (χ1) is 14.0. The molecule has 0 radical (unpaired) electrons. The van der Waals surface area contributed by atoms with Crippen LogP contribution in [-0.4, -0.2) is 29.2 Å². The number of aliphatic hydroxyl groups excluding tert-OH is 1. The third-order valence-electron chi connectivity index (χ3n) is 4.72. The summed E-state index contributed by atoms with van der Waals surface area (Å²) < 4.78 is 13.6. The lowest BCUT2D eigenvalue weighted by Crippen LogP contribution is -2.32. The Morgan fingerprint density at radius 3 is 2.69 bits per heavy atom. The fourth-order valence-corrected chi connectivity index (χ4v) is 3.00. The van der Waals surface area contributed by atoms with Crippen LogP contribution >= 0.6 is 0 Å². The van der Waals surface area contributed by atoms with Crippen molar-refractivity contribution in [3.63, 3.8) is 0 Å². The summed E-state index contributed by atoms with van der Waals surface area (Å²) in [6.07, 6.45) is 5.80. The van der Waals surface area contributed by atoms with E-state index in [1.165, 1.54) is 0 Å². The topological polar surface area (TPSA) is 82.0 Å². The highest BCUT2D eigenvalue weighted by Crippen LogP contribution is 2.21. The molecule has 0 saturated carbocycles. The lowest BCUT2D eigenvalue weighted by molar-refractivity contribution is 0.256. The number of benzene rings is 1. The zero-order valence-corrected chi connectivity index (χ0v) is 17.8. The number of rotatable bonds is 11. The van der Waals surface area contributed by atoms with Crippen molar-refractivity contribution in [2.75, 3.05) is 13.7 Å². The molecule has 6 nitrogen and oxygen atoms in total. The van der Waals surface area contributed by atoms with Crippen molar-refractivity contribution in [1.82, 2.24) is 4.57 Å². The van der Waals surface area contributed by atoms with Crippen LogP contribution in [0.5, 0.6) is 5.75 Å². The van der Waals surface area contributed by atoms with Crippen LogP contribution in [0.4, 0.5) is 0 Å². The van der Waals surface area contributed by atoms with E-state index in [4.69, 9.17) is 15.2 Å². The average molecular weight is 400 g/mol. The summed E-state index contributed by atoms with van der Waals surface area (Å²) in [6.45, 7) is 9.40. The molecule has 0 amide bonds. The third kappa shape index (κ3) is 6.12. The van der Waals surface area contributed by atoms with Crippen LogP contribution in [0, 0.1) is 0 Å². The quantitative estimate of drug-likeness (QED) is 0.346. The van der Waals surface area contributed by atoms with E-state index in [-0.39, 0.29) is 6.61 Å². The summed E-state index contributed by atoms with van der Waals surface area (Å²) >= 11 is 0. The smallest absolute Gasteiger partial charge is 0.240 e. The van der Waals surface area contributed by atoms with Gasteiger partial charge in [-0.1, -0.05) is 45.4 Å². The Labute approximate surface area is 173 Å². The van der Waals surface area contributed by atoms with Crippen molar-refractivity contribution < 1.29 is 14.6 Å². The minimum absolute atomic E-state index is 0.0248. The molecule has 3 N–H and O–H groups in total. The molecule has 0 unspecified atom stereocenters. The second-order valence-corrected chi connectivity index (χ2v) is 6.94. The number of amidine groups is 1. The second-order valence-electron chi connectivity index (χ2n) is 6.94. The molecule has 2 rings (SSSR count). The monoisotopic (exact) mass is 399 g/mol. The standard InChI is InChI=1S/C23H33N3O3/c1-5-7-8-13-29-23(25-21(24)6-2)22-17(3)11-12-26(22)15-19-10-9-18(16-27)14-20(19)28-4/h9-12,14,27H,3,5-8,13,15-16H2,1-2,4H3,(H2,24,25)/b23-22-. The SMILES string of the molecule is C=c1ccn(Cc2ccc(CO)cc2OC)/c1=C(/N=C(/N)CC)OCCCCC. The van der Waals surface area contributed by atoms with Gasteiger partial charge < -0.3 is 24.9 Å². The number of ether oxygens (including phenoxy) is 2. The van der Waals surface area contributed by atoms with Gasteiger partial charge in [0.1, 0.15) is 16.9 Å². The third-order valence-corrected chi connectivity index (χ3v) is 4.72. The maximum Gasteiger partial charge on any atom is 0.240 e. The van der Waals surface area contributed by atoms with Gasteiger partial charge in [-0.15, -0.1) is 0 Å². The van der Waals surface area contributed by atoms with E-state index in [1.807, 2.05) is 42.0 Å². The fraction of sp³-hybridized carbons (Fsp3) is 0.435. The Morgan fingerprint density at radius 2 is 2.03 bits per heavy atom. The maximum absolute atomic E-state index is 9.37. The minimum atomic E-state index is -0.0248. The predicted molar refractivity (Wildman–Crippen MR) is 118 cm³/mol. The van der Waals surface area contributed by atoms with E-state index in [0.717, 1.165) is 46.7 Å². The van der Waals surface area contributed by atoms with Crippen molar-refractivity contribution in [1.29, 1.82) is 0 Å². The Kier molecular flexibility index (Phi) is 8.80. The summed E-state index contributed by atoms with van der Waals surface area (Å²) in [5.41, 5.74) is 7.81. The molecule has 0 aliphatic heterocycles. The highest BCUT2D eigenvalue weighted by molar-refractivity contribution is 5.83. The van der Waals surface area contributed by atoms with Gasteiger partial charge in [-0.25, -0.2) is 0 Å². The molecule has 1 heterocycles. The van der Waals surface area contributed by atoms with E-state index in [9.17, 15) is 5.11 Å². The summed E-state index contributed by atoms with van der Waals surface area (Å²) in [7, 11) is 1.63. The summed E-state index contributed by atoms with van der Waals surface area (Å²) in [4.78, 5) is 4.53. The molecule has 0 aliphatic carbocycles. The van der Waals surface area contributed by atoms with Crippen LogP contribution in [0.15, 0.2) is 35.5 Å². The fourth-order valence-electron chi connectivity index (χ4n) is 3.00. The number of unbranched alkanes of at least 4 members (excludes halogenated alkanes) is 2. The number of aliphatic imine (C=N–C) groups is 1. The molecule has 158 valence electrons. The highest BCUT2D eigenvalue weighted by atomic mass is 16.5. The number of nitrogens with two attached hydrogens (primary N) is 1. The van der Waals surface area contributed by atoms with Crippen molar-refractivity contribution in [2.24, 2.45) is 10.7 Å². The summed E-state index contributed by atoms with van der Waals surface area (Å²) in [6, 6.07) is 7.65. The molecule has 0 saturated heterocycles. The van der Waals surface area contributed by atoms with E-state index in [0.29, 0.717) is 31.3 Å². The van der Waals surface area contributed by atoms with Gasteiger partial charge in [0.25, 0.3) is 0 Å². The Balaban J connectivity index is 2.49. The number of aliphatic hydroxyl groups is 1. The van der Waals surface area contributed by atoms with Crippen LogP contribution in [0.2, 0.25) is 0 Å². The van der Waals surface area contributed by atoms with Crippen LogP contribution in [0.1, 0.15) is 50.7 Å². The van der Waals surface area contributed by atoms with Crippen LogP contribution < -0.4 is 21.0 Å². The van der Waals surface area contributed by atoms with Gasteiger partial charge in [0.05, 0.1) is 26.9 Å². The largest absolute Gasteiger partial charge is 0.496 e. The number of aromatic nitrogens is 1. The van der Waals surface area contributed by atoms with Gasteiger partial charge in [-0.3, -0.25) is 0 Å². The first-order valence-corrected chi connectivity index (χ1v) is 10.1. The van der Waals surface area contributed by atoms with Crippen LogP contribution in [-0.2, 0) is 17.9 Å². The maximum atomic E-state index is 9.37. The number of hydrogen-bond acceptors (Lipinski definition) is 4. The molecule has 0 bridgehead atoms. The Morgan fingerprint density at radius 1 is 1.24 bits per heavy atom. The van der Waals surface area contributed by atoms with Crippen molar-refractivity contribution in [3.8, 4) is 5.75 Å². The first kappa shape index (κ1) is 22.6. The normalized spacial score (nSPS) is 12.8. The molecule has 1 aromatic carbocycles. The molecular weight excluding hydrogens is 366 g/mol. The molecule has 0 atom stereocenters. The van der Waals surface area contributed by atoms with E-state index >= 15 is 0 Å². The second kappa shape index (κ2) is 11.3. The average Bonchev–Trinajstić information content (AvgIpc) is 3.10. The van der Waals surface area contributed by atoms with Crippen LogP contribution in [0.3, 0.4) is 0 Å². The van der Waals surface area contributed by atoms with Gasteiger partial charge in [0.2, 0.25) is 5.88 Å². The zero-order chi connectivity index (χ0) is 21.2. The highest BCUT2D eigenvalue weighted by Gasteiger charge is 2.10. The van der Waals surface area contributed by atoms with Crippen LogP contribution in [0.25, 0.3) is 12.5 Å². The lowest BCUT2D eigenvalue weighted by atomic mass is 10.1. The van der Waals surface area contributed by atoms with E-state index in [1.54, 1.807) is 7.11 Å². The number of hydrogen-bond donors (Lipinski definition) is 2. The molecule has 2 aromatic rings. The predicted octanol–water partition coefficient (Wildman–Crippen LogP) is 2.49. The molecule has 0 fully saturated rings. The Bertz CT molecular complexity index is 931. The Hall–Kier alpha value is -2.73. The lowest BCUT2D eigenvalue weighted by Gasteiger charge is -2.13. The summed E-state index contributed by atoms with van der Waals surface area (Å²) in [5, 5.41) is 11.0. The molecule has 0 spiro atoms. The van der Waals surface area contributed by atoms with Gasteiger partial charge in [-0.05, 0) is 29.3 Å². The number of nitrogens with zero attached hydrogens (tertiary/aromatic N) is 2. The van der Waals surface area contributed by atoms with Crippen molar-refractivity contribution >= 4 is 18.3 Å². The van der Waals surface area contributed by atoms with Crippen molar-refractivity contribution in [3.05, 3.63) is 52.2 Å². The first-order valence-electron chi connectivity index (χ1n) is 10.1. The molecular formula is C23H33N3O3. The van der Waals surface area contributed by atoms with Gasteiger partial charge >= 0.3 is 0 Å². The minimum Gasteiger partial charge on any atom is -0.496 e.